The lowest BCUT2D eigenvalue weighted by Crippen LogP contribution is -2.41. The van der Waals surface area contributed by atoms with Crippen LogP contribution in [0.15, 0.2) is 60.9 Å². The second-order valence-electron chi connectivity index (χ2n) is 7.16. The maximum absolute atomic E-state index is 12.7. The third-order valence-corrected chi connectivity index (χ3v) is 5.61. The summed E-state index contributed by atoms with van der Waals surface area (Å²) in [5.41, 5.74) is 8.02. The van der Waals surface area contributed by atoms with Gasteiger partial charge in [-0.1, -0.05) is 40.9 Å². The predicted molar refractivity (Wildman–Crippen MR) is 133 cm³/mol. The fourth-order valence-electron chi connectivity index (χ4n) is 3.08. The van der Waals surface area contributed by atoms with Crippen molar-refractivity contribution in [3.63, 3.8) is 0 Å². The summed E-state index contributed by atoms with van der Waals surface area (Å²) in [4.78, 5) is 36.9. The van der Waals surface area contributed by atoms with Gasteiger partial charge in [-0.25, -0.2) is 9.97 Å². The van der Waals surface area contributed by atoms with Crippen LogP contribution < -0.4 is 16.2 Å². The van der Waals surface area contributed by atoms with Crippen LogP contribution in [0.4, 0.5) is 11.6 Å². The molecule has 8 nitrogen and oxygen atoms in total. The van der Waals surface area contributed by atoms with E-state index in [2.05, 4.69) is 31.1 Å². The molecular formula is C23H17Cl3N6O2. The Morgan fingerprint density at radius 3 is 2.38 bits per heavy atom. The molecule has 0 saturated heterocycles. The first-order chi connectivity index (χ1) is 16.3. The van der Waals surface area contributed by atoms with Gasteiger partial charge in [0.25, 0.3) is 11.8 Å². The average molecular weight is 516 g/mol. The minimum absolute atomic E-state index is 0.00149. The van der Waals surface area contributed by atoms with Gasteiger partial charge in [0.05, 0.1) is 27.0 Å². The quantitative estimate of drug-likeness (QED) is 0.260. The molecule has 2 amide bonds. The lowest BCUT2D eigenvalue weighted by molar-refractivity contribution is 0.0847. The number of hydrogen-bond donors (Lipinski definition) is 4. The van der Waals surface area contributed by atoms with Crippen LogP contribution in [0.1, 0.15) is 26.3 Å². The molecule has 0 saturated carbocycles. The van der Waals surface area contributed by atoms with E-state index >= 15 is 0 Å². The summed E-state index contributed by atoms with van der Waals surface area (Å²) in [5.74, 6) is -0.855. The van der Waals surface area contributed by atoms with Crippen molar-refractivity contribution in [3.8, 4) is 11.4 Å². The first kappa shape index (κ1) is 23.6. The van der Waals surface area contributed by atoms with Gasteiger partial charge in [-0.05, 0) is 55.0 Å². The fourth-order valence-corrected chi connectivity index (χ4v) is 4.07. The molecular weight excluding hydrogens is 499 g/mol. The van der Waals surface area contributed by atoms with Gasteiger partial charge in [-0.3, -0.25) is 20.4 Å². The molecule has 0 bridgehead atoms. The minimum Gasteiger partial charge on any atom is -0.360 e. The molecule has 4 N–H and O–H groups in total. The number of carbonyl (C=O) groups excluding carboxylic acids is 2. The van der Waals surface area contributed by atoms with E-state index in [9.17, 15) is 9.59 Å². The second kappa shape index (κ2) is 10.1. The van der Waals surface area contributed by atoms with Crippen molar-refractivity contribution in [2.75, 3.05) is 5.32 Å². The molecule has 0 aliphatic heterocycles. The van der Waals surface area contributed by atoms with Crippen LogP contribution in [-0.4, -0.2) is 26.8 Å². The van der Waals surface area contributed by atoms with Gasteiger partial charge >= 0.3 is 0 Å². The second-order valence-corrected chi connectivity index (χ2v) is 8.41. The molecule has 11 heteroatoms. The van der Waals surface area contributed by atoms with E-state index in [1.54, 1.807) is 30.5 Å². The van der Waals surface area contributed by atoms with Crippen LogP contribution in [0, 0.1) is 6.92 Å². The Morgan fingerprint density at radius 1 is 0.941 bits per heavy atom. The molecule has 0 radical (unpaired) electrons. The van der Waals surface area contributed by atoms with Gasteiger partial charge in [-0.2, -0.15) is 0 Å². The number of rotatable bonds is 5. The Kier molecular flexibility index (Phi) is 7.02. The number of carbonyl (C=O) groups is 2. The molecule has 2 aromatic heterocycles. The molecule has 2 aromatic carbocycles. The Hall–Kier alpha value is -3.59. The molecule has 2 heterocycles. The Morgan fingerprint density at radius 2 is 1.68 bits per heavy atom. The van der Waals surface area contributed by atoms with Gasteiger partial charge in [0.15, 0.2) is 0 Å². The van der Waals surface area contributed by atoms with E-state index < -0.39 is 11.8 Å². The highest BCUT2D eigenvalue weighted by atomic mass is 35.5. The van der Waals surface area contributed by atoms with Gasteiger partial charge in [-0.15, -0.1) is 0 Å². The van der Waals surface area contributed by atoms with Crippen molar-refractivity contribution in [2.24, 2.45) is 0 Å². The monoisotopic (exact) mass is 514 g/mol. The largest absolute Gasteiger partial charge is 0.360 e. The molecule has 34 heavy (non-hydrogen) atoms. The molecule has 0 aliphatic rings. The van der Waals surface area contributed by atoms with Crippen LogP contribution in [-0.2, 0) is 0 Å². The summed E-state index contributed by atoms with van der Waals surface area (Å²) in [7, 11) is 0. The van der Waals surface area contributed by atoms with Crippen molar-refractivity contribution in [3.05, 3.63) is 92.7 Å². The van der Waals surface area contributed by atoms with Gasteiger partial charge < -0.3 is 10.3 Å². The van der Waals surface area contributed by atoms with Crippen LogP contribution in [0.3, 0.4) is 0 Å². The molecule has 0 aliphatic carbocycles. The highest BCUT2D eigenvalue weighted by molar-refractivity contribution is 6.42. The number of aromatic amines is 1. The molecule has 172 valence electrons. The van der Waals surface area contributed by atoms with E-state index in [0.29, 0.717) is 17.2 Å². The highest BCUT2D eigenvalue weighted by Crippen LogP contribution is 2.29. The van der Waals surface area contributed by atoms with Crippen LogP contribution in [0.25, 0.3) is 11.4 Å². The third-order valence-electron chi connectivity index (χ3n) is 4.80. The lowest BCUT2D eigenvalue weighted by atomic mass is 10.1. The zero-order valence-electron chi connectivity index (χ0n) is 17.6. The third kappa shape index (κ3) is 5.31. The number of nitrogens with one attached hydrogen (secondary N) is 4. The van der Waals surface area contributed by atoms with E-state index in [1.165, 1.54) is 12.1 Å². The van der Waals surface area contributed by atoms with Crippen molar-refractivity contribution in [1.29, 1.82) is 0 Å². The number of aromatic nitrogens is 3. The van der Waals surface area contributed by atoms with Crippen molar-refractivity contribution in [2.45, 2.75) is 6.92 Å². The normalized spacial score (nSPS) is 10.6. The average Bonchev–Trinajstić information content (AvgIpc) is 3.33. The Labute approximate surface area is 209 Å². The number of hydrazine groups is 1. The van der Waals surface area contributed by atoms with Crippen LogP contribution >= 0.6 is 34.8 Å². The summed E-state index contributed by atoms with van der Waals surface area (Å²) in [6, 6.07) is 13.4. The SMILES string of the molecule is Cc1ccc(C(=O)NNC(=O)c2c(Cl)cc(Cl)cc2Cl)cc1Nc1nccc(-c2ccc[nH]2)n1. The topological polar surface area (TPSA) is 112 Å². The zero-order chi connectivity index (χ0) is 24.2. The lowest BCUT2D eigenvalue weighted by Gasteiger charge is -2.13. The number of anilines is 2. The first-order valence-electron chi connectivity index (χ1n) is 9.91. The number of amides is 2. The fraction of sp³-hybridized carbons (Fsp3) is 0.0435. The van der Waals surface area contributed by atoms with Crippen LogP contribution in [0.5, 0.6) is 0 Å². The summed E-state index contributed by atoms with van der Waals surface area (Å²) < 4.78 is 0. The zero-order valence-corrected chi connectivity index (χ0v) is 19.9. The van der Waals surface area contributed by atoms with Gasteiger partial charge in [0.1, 0.15) is 0 Å². The van der Waals surface area contributed by atoms with Crippen molar-refractivity contribution in [1.82, 2.24) is 25.8 Å². The standard InChI is InChI=1S/C23H17Cl3N6O2/c1-12-4-5-13(21(33)31-32-22(34)20-15(25)10-14(24)11-16(20)26)9-19(12)30-23-28-8-6-18(29-23)17-3-2-7-27-17/h2-11,27H,1H3,(H,31,33)(H,32,34)(H,28,29,30). The molecule has 0 spiro atoms. The number of H-pyrrole nitrogens is 1. The Balaban J connectivity index is 1.47. The molecule has 4 aromatic rings. The number of halogens is 3. The van der Waals surface area contributed by atoms with E-state index in [-0.39, 0.29) is 20.6 Å². The van der Waals surface area contributed by atoms with E-state index in [0.717, 1.165) is 17.0 Å². The summed E-state index contributed by atoms with van der Waals surface area (Å²) in [5, 5.41) is 3.54. The smallest absolute Gasteiger partial charge is 0.272 e. The molecule has 4 rings (SSSR count). The van der Waals surface area contributed by atoms with Gasteiger partial charge in [0.2, 0.25) is 5.95 Å². The summed E-state index contributed by atoms with van der Waals surface area (Å²) >= 11 is 18.0. The van der Waals surface area contributed by atoms with Crippen molar-refractivity contribution < 1.29 is 9.59 Å². The number of benzene rings is 2. The summed E-state index contributed by atoms with van der Waals surface area (Å²) in [6.07, 6.45) is 3.45. The van der Waals surface area contributed by atoms with E-state index in [1.807, 2.05) is 25.3 Å². The summed E-state index contributed by atoms with van der Waals surface area (Å²) in [6.45, 7) is 1.88. The first-order valence-corrected chi connectivity index (χ1v) is 11.0. The van der Waals surface area contributed by atoms with E-state index in [4.69, 9.17) is 34.8 Å². The molecule has 0 fully saturated rings. The molecule has 0 atom stereocenters. The Bertz CT molecular complexity index is 1350. The number of nitrogens with zero attached hydrogens (tertiary/aromatic N) is 2. The molecule has 0 unspecified atom stereocenters. The highest BCUT2D eigenvalue weighted by Gasteiger charge is 2.17. The number of aryl methyl sites for hydroxylation is 1. The van der Waals surface area contributed by atoms with Crippen molar-refractivity contribution >= 4 is 58.3 Å². The van der Waals surface area contributed by atoms with Gasteiger partial charge in [0, 0.05) is 28.7 Å². The maximum atomic E-state index is 12.7. The van der Waals surface area contributed by atoms with Crippen LogP contribution in [0.2, 0.25) is 15.1 Å². The minimum atomic E-state index is -0.681. The predicted octanol–water partition coefficient (Wildman–Crippen LogP) is 5.56. The maximum Gasteiger partial charge on any atom is 0.272 e. The number of hydrogen-bond acceptors (Lipinski definition) is 5.